The van der Waals surface area contributed by atoms with E-state index in [-0.39, 0.29) is 5.78 Å². The van der Waals surface area contributed by atoms with Gasteiger partial charge >= 0.3 is 0 Å². The predicted molar refractivity (Wildman–Crippen MR) is 94.9 cm³/mol. The molecule has 3 rings (SSSR count). The number of hydrogen-bond donors (Lipinski definition) is 1. The molecule has 0 saturated heterocycles. The molecule has 0 saturated carbocycles. The number of hydrogen-bond acceptors (Lipinski definition) is 1. The van der Waals surface area contributed by atoms with Crippen LogP contribution in [0.15, 0.2) is 60.7 Å². The highest BCUT2D eigenvalue weighted by Gasteiger charge is 2.24. The topological polar surface area (TPSA) is 32.9 Å². The molecule has 0 atom stereocenters. The van der Waals surface area contributed by atoms with Gasteiger partial charge in [-0.2, -0.15) is 0 Å². The maximum Gasteiger partial charge on any atom is 0.195 e. The molecule has 0 spiro atoms. The summed E-state index contributed by atoms with van der Waals surface area (Å²) in [6, 6.07) is 19.6. The number of aromatic amines is 1. The average Bonchev–Trinajstić information content (AvgIpc) is 2.93. The molecular formula is C21H21NO. The molecule has 1 N–H and O–H groups in total. The molecule has 23 heavy (non-hydrogen) atoms. The van der Waals surface area contributed by atoms with Crippen molar-refractivity contribution in [2.45, 2.75) is 26.7 Å². The standard InChI is InChI=1S/C21H21NO/c1-14(2)20-19(16-10-6-4-7-11-16)18(15(3)22-20)21(23)17-12-8-5-9-13-17/h4-14,22H,1-3H3. The first-order valence-electron chi connectivity index (χ1n) is 7.97. The lowest BCUT2D eigenvalue weighted by molar-refractivity contribution is 0.103. The van der Waals surface area contributed by atoms with Gasteiger partial charge in [0.25, 0.3) is 0 Å². The fourth-order valence-corrected chi connectivity index (χ4v) is 3.00. The highest BCUT2D eigenvalue weighted by molar-refractivity contribution is 6.14. The van der Waals surface area contributed by atoms with Crippen LogP contribution in [-0.4, -0.2) is 10.8 Å². The van der Waals surface area contributed by atoms with Crippen LogP contribution >= 0.6 is 0 Å². The van der Waals surface area contributed by atoms with E-state index in [0.717, 1.165) is 33.6 Å². The third kappa shape index (κ3) is 2.85. The van der Waals surface area contributed by atoms with Gasteiger partial charge in [0, 0.05) is 22.5 Å². The molecule has 2 nitrogen and oxygen atoms in total. The van der Waals surface area contributed by atoms with Gasteiger partial charge in [0.2, 0.25) is 0 Å². The quantitative estimate of drug-likeness (QED) is 0.648. The molecule has 0 fully saturated rings. The van der Waals surface area contributed by atoms with Crippen LogP contribution in [0.4, 0.5) is 0 Å². The van der Waals surface area contributed by atoms with E-state index in [9.17, 15) is 4.79 Å². The van der Waals surface area contributed by atoms with Crippen molar-refractivity contribution < 1.29 is 4.79 Å². The van der Waals surface area contributed by atoms with Crippen LogP contribution in [0.25, 0.3) is 11.1 Å². The van der Waals surface area contributed by atoms with Crippen molar-refractivity contribution in [1.29, 1.82) is 0 Å². The Balaban J connectivity index is 2.23. The van der Waals surface area contributed by atoms with Crippen molar-refractivity contribution in [3.05, 3.63) is 83.2 Å². The molecule has 116 valence electrons. The normalized spacial score (nSPS) is 11.0. The Morgan fingerprint density at radius 2 is 1.48 bits per heavy atom. The molecule has 0 unspecified atom stereocenters. The van der Waals surface area contributed by atoms with E-state index < -0.39 is 0 Å². The number of H-pyrrole nitrogens is 1. The summed E-state index contributed by atoms with van der Waals surface area (Å²) in [6.07, 6.45) is 0. The van der Waals surface area contributed by atoms with Crippen LogP contribution in [-0.2, 0) is 0 Å². The van der Waals surface area contributed by atoms with E-state index >= 15 is 0 Å². The van der Waals surface area contributed by atoms with E-state index in [0.29, 0.717) is 5.92 Å². The minimum Gasteiger partial charge on any atom is -0.361 e. The minimum absolute atomic E-state index is 0.0742. The van der Waals surface area contributed by atoms with Crippen LogP contribution < -0.4 is 0 Å². The van der Waals surface area contributed by atoms with E-state index in [2.05, 4.69) is 31.0 Å². The summed E-state index contributed by atoms with van der Waals surface area (Å²) in [5.74, 6) is 0.395. The number of aryl methyl sites for hydroxylation is 1. The van der Waals surface area contributed by atoms with Gasteiger partial charge in [-0.05, 0) is 18.4 Å². The number of carbonyl (C=O) groups is 1. The number of ketones is 1. The van der Waals surface area contributed by atoms with E-state index in [1.165, 1.54) is 0 Å². The molecular weight excluding hydrogens is 282 g/mol. The first-order chi connectivity index (χ1) is 11.1. The molecule has 3 aromatic rings. The largest absolute Gasteiger partial charge is 0.361 e. The van der Waals surface area contributed by atoms with Crippen molar-refractivity contribution in [3.8, 4) is 11.1 Å². The second-order valence-corrected chi connectivity index (χ2v) is 6.13. The second kappa shape index (κ2) is 6.25. The highest BCUT2D eigenvalue weighted by Crippen LogP contribution is 2.35. The van der Waals surface area contributed by atoms with Crippen molar-refractivity contribution in [3.63, 3.8) is 0 Å². The SMILES string of the molecule is Cc1[nH]c(C(C)C)c(-c2ccccc2)c1C(=O)c1ccccc1. The van der Waals surface area contributed by atoms with E-state index in [4.69, 9.17) is 0 Å². The lowest BCUT2D eigenvalue weighted by atomic mass is 9.92. The zero-order valence-electron chi connectivity index (χ0n) is 13.8. The molecule has 2 aromatic carbocycles. The Kier molecular flexibility index (Phi) is 4.16. The fraction of sp³-hybridized carbons (Fsp3) is 0.190. The van der Waals surface area contributed by atoms with Gasteiger partial charge in [0.05, 0.1) is 5.56 Å². The van der Waals surface area contributed by atoms with Crippen molar-refractivity contribution in [2.75, 3.05) is 0 Å². The predicted octanol–water partition coefficient (Wildman–Crippen LogP) is 5.34. The summed E-state index contributed by atoms with van der Waals surface area (Å²) in [7, 11) is 0. The second-order valence-electron chi connectivity index (χ2n) is 6.13. The average molecular weight is 303 g/mol. The third-order valence-electron chi connectivity index (χ3n) is 4.12. The van der Waals surface area contributed by atoms with Crippen LogP contribution in [0.2, 0.25) is 0 Å². The number of aromatic nitrogens is 1. The molecule has 0 aliphatic rings. The van der Waals surface area contributed by atoms with Gasteiger partial charge < -0.3 is 4.98 Å². The van der Waals surface area contributed by atoms with Crippen LogP contribution in [0.1, 0.15) is 47.1 Å². The first kappa shape index (κ1) is 15.3. The molecule has 2 heteroatoms. The smallest absolute Gasteiger partial charge is 0.195 e. The maximum absolute atomic E-state index is 13.1. The lowest BCUT2D eigenvalue weighted by Gasteiger charge is -2.10. The van der Waals surface area contributed by atoms with Crippen LogP contribution in [0, 0.1) is 6.92 Å². The Bertz CT molecular complexity index is 814. The number of benzene rings is 2. The summed E-state index contributed by atoms with van der Waals surface area (Å²) in [5.41, 5.74) is 5.68. The third-order valence-corrected chi connectivity index (χ3v) is 4.12. The minimum atomic E-state index is 0.0742. The summed E-state index contributed by atoms with van der Waals surface area (Å²) in [6.45, 7) is 6.28. The number of carbonyl (C=O) groups excluding carboxylic acids is 1. The van der Waals surface area contributed by atoms with Gasteiger partial charge in [-0.1, -0.05) is 74.5 Å². The van der Waals surface area contributed by atoms with Crippen molar-refractivity contribution >= 4 is 5.78 Å². The van der Waals surface area contributed by atoms with Gasteiger partial charge in [0.1, 0.15) is 0 Å². The van der Waals surface area contributed by atoms with Gasteiger partial charge in [0.15, 0.2) is 5.78 Å². The van der Waals surface area contributed by atoms with E-state index in [1.54, 1.807) is 0 Å². The Labute approximate surface area is 137 Å². The fourth-order valence-electron chi connectivity index (χ4n) is 3.00. The van der Waals surface area contributed by atoms with Crippen molar-refractivity contribution in [1.82, 2.24) is 4.98 Å². The molecule has 0 amide bonds. The molecule has 0 radical (unpaired) electrons. The summed E-state index contributed by atoms with van der Waals surface area (Å²) >= 11 is 0. The van der Waals surface area contributed by atoms with Gasteiger partial charge in [-0.25, -0.2) is 0 Å². The summed E-state index contributed by atoms with van der Waals surface area (Å²) < 4.78 is 0. The Morgan fingerprint density at radius 3 is 2.04 bits per heavy atom. The van der Waals surface area contributed by atoms with Crippen LogP contribution in [0.5, 0.6) is 0 Å². The zero-order valence-corrected chi connectivity index (χ0v) is 13.8. The monoisotopic (exact) mass is 303 g/mol. The van der Waals surface area contributed by atoms with Crippen LogP contribution in [0.3, 0.4) is 0 Å². The molecule has 0 bridgehead atoms. The summed E-state index contributed by atoms with van der Waals surface area (Å²) in [5, 5.41) is 0. The maximum atomic E-state index is 13.1. The molecule has 1 aromatic heterocycles. The Morgan fingerprint density at radius 1 is 0.913 bits per heavy atom. The van der Waals surface area contributed by atoms with E-state index in [1.807, 2.05) is 55.5 Å². The molecule has 0 aliphatic heterocycles. The van der Waals surface area contributed by atoms with Crippen molar-refractivity contribution in [2.24, 2.45) is 0 Å². The first-order valence-corrected chi connectivity index (χ1v) is 7.97. The number of nitrogens with one attached hydrogen (secondary N) is 1. The Hall–Kier alpha value is -2.61. The lowest BCUT2D eigenvalue weighted by Crippen LogP contribution is -2.04. The van der Waals surface area contributed by atoms with Gasteiger partial charge in [-0.15, -0.1) is 0 Å². The summed E-state index contributed by atoms with van der Waals surface area (Å²) in [4.78, 5) is 16.5. The molecule has 1 heterocycles. The van der Waals surface area contributed by atoms with Gasteiger partial charge in [-0.3, -0.25) is 4.79 Å². The number of rotatable bonds is 4. The zero-order chi connectivity index (χ0) is 16.4. The highest BCUT2D eigenvalue weighted by atomic mass is 16.1. The molecule has 0 aliphatic carbocycles.